The Morgan fingerprint density at radius 3 is 2.23 bits per heavy atom. The van der Waals surface area contributed by atoms with Crippen LogP contribution in [0, 0.1) is 13.8 Å². The first-order valence-corrected chi connectivity index (χ1v) is 7.37. The van der Waals surface area contributed by atoms with Gasteiger partial charge in [-0.25, -0.2) is 0 Å². The second-order valence-electron chi connectivity index (χ2n) is 4.80. The monoisotopic (exact) mass is 308 g/mol. The maximum atomic E-state index is 11.8. The molecule has 0 atom stereocenters. The molecule has 0 heterocycles. The first-order valence-electron chi connectivity index (χ1n) is 7.37. The van der Waals surface area contributed by atoms with Crippen LogP contribution in [0.2, 0.25) is 0 Å². The Balaban J connectivity index is 2.50. The number of hydrogen-bond acceptors (Lipinski definition) is 4. The summed E-state index contributed by atoms with van der Waals surface area (Å²) in [7, 11) is 0. The van der Waals surface area contributed by atoms with Crippen molar-refractivity contribution in [3.8, 4) is 0 Å². The molecule has 1 rings (SSSR count). The summed E-state index contributed by atoms with van der Waals surface area (Å²) < 4.78 is 10.6. The summed E-state index contributed by atoms with van der Waals surface area (Å²) in [6.07, 6.45) is -0.548. The highest BCUT2D eigenvalue weighted by molar-refractivity contribution is 6.39. The van der Waals surface area contributed by atoms with Gasteiger partial charge in [0.15, 0.2) is 6.29 Å². The number of carbonyl (C=O) groups is 2. The molecule has 0 fully saturated rings. The molecule has 0 radical (unpaired) electrons. The van der Waals surface area contributed by atoms with Crippen LogP contribution in [0.3, 0.4) is 0 Å². The smallest absolute Gasteiger partial charge is 0.313 e. The van der Waals surface area contributed by atoms with Crippen molar-refractivity contribution in [2.45, 2.75) is 34.0 Å². The van der Waals surface area contributed by atoms with Crippen molar-refractivity contribution in [1.29, 1.82) is 0 Å². The van der Waals surface area contributed by atoms with Gasteiger partial charge in [0, 0.05) is 18.9 Å². The Morgan fingerprint density at radius 1 is 1.05 bits per heavy atom. The van der Waals surface area contributed by atoms with Gasteiger partial charge in [0.2, 0.25) is 0 Å². The fourth-order valence-corrected chi connectivity index (χ4v) is 1.80. The molecule has 1 aromatic carbocycles. The molecule has 0 saturated carbocycles. The lowest BCUT2D eigenvalue weighted by atomic mass is 10.1. The Labute approximate surface area is 131 Å². The Hall–Kier alpha value is -1.92. The highest BCUT2D eigenvalue weighted by Gasteiger charge is 2.16. The van der Waals surface area contributed by atoms with Gasteiger partial charge in [-0.3, -0.25) is 9.59 Å². The van der Waals surface area contributed by atoms with Crippen LogP contribution in [0.4, 0.5) is 5.69 Å². The number of amides is 2. The zero-order chi connectivity index (χ0) is 16.5. The zero-order valence-corrected chi connectivity index (χ0v) is 13.6. The number of carbonyl (C=O) groups excluding carboxylic acids is 2. The number of ether oxygens (including phenoxy) is 2. The van der Waals surface area contributed by atoms with Gasteiger partial charge in [-0.2, -0.15) is 0 Å². The number of benzene rings is 1. The minimum atomic E-state index is -0.720. The third-order valence-corrected chi connectivity index (χ3v) is 3.11. The first-order chi connectivity index (χ1) is 10.5. The molecular formula is C16H24N2O4. The van der Waals surface area contributed by atoms with E-state index in [1.165, 1.54) is 0 Å². The molecule has 122 valence electrons. The molecule has 6 heteroatoms. The summed E-state index contributed by atoms with van der Waals surface area (Å²) in [5.41, 5.74) is 2.76. The van der Waals surface area contributed by atoms with Crippen LogP contribution in [0.25, 0.3) is 0 Å². The SMILES string of the molecule is CCOC(CNC(=O)C(=O)Nc1ccc(C)c(C)c1)OCC. The largest absolute Gasteiger partial charge is 0.351 e. The van der Waals surface area contributed by atoms with Gasteiger partial charge in [-0.15, -0.1) is 0 Å². The van der Waals surface area contributed by atoms with Crippen molar-refractivity contribution >= 4 is 17.5 Å². The van der Waals surface area contributed by atoms with Crippen LogP contribution in [-0.2, 0) is 19.1 Å². The molecule has 0 bridgehead atoms. The molecule has 0 aliphatic heterocycles. The molecule has 22 heavy (non-hydrogen) atoms. The Bertz CT molecular complexity index is 511. The summed E-state index contributed by atoms with van der Waals surface area (Å²) in [5.74, 6) is -1.43. The predicted molar refractivity (Wildman–Crippen MR) is 84.6 cm³/mol. The van der Waals surface area contributed by atoms with Crippen molar-refractivity contribution in [3.05, 3.63) is 29.3 Å². The van der Waals surface area contributed by atoms with Crippen molar-refractivity contribution < 1.29 is 19.1 Å². The van der Waals surface area contributed by atoms with Crippen molar-refractivity contribution in [2.75, 3.05) is 25.1 Å². The fourth-order valence-electron chi connectivity index (χ4n) is 1.80. The molecule has 0 aliphatic rings. The average molecular weight is 308 g/mol. The predicted octanol–water partition coefficient (Wildman–Crippen LogP) is 1.76. The first kappa shape index (κ1) is 18.1. The number of aryl methyl sites for hydroxylation is 2. The number of nitrogens with one attached hydrogen (secondary N) is 2. The second-order valence-corrected chi connectivity index (χ2v) is 4.80. The second kappa shape index (κ2) is 9.17. The van der Waals surface area contributed by atoms with Crippen LogP contribution >= 0.6 is 0 Å². The topological polar surface area (TPSA) is 76.7 Å². The van der Waals surface area contributed by atoms with E-state index in [2.05, 4.69) is 10.6 Å². The van der Waals surface area contributed by atoms with E-state index in [-0.39, 0.29) is 6.54 Å². The molecule has 2 amide bonds. The summed E-state index contributed by atoms with van der Waals surface area (Å²) in [6, 6.07) is 5.48. The zero-order valence-electron chi connectivity index (χ0n) is 13.6. The van der Waals surface area contributed by atoms with Gasteiger partial charge < -0.3 is 20.1 Å². The summed E-state index contributed by atoms with van der Waals surface area (Å²) >= 11 is 0. The summed E-state index contributed by atoms with van der Waals surface area (Å²) in [5, 5.41) is 5.06. The van der Waals surface area contributed by atoms with Crippen molar-refractivity contribution in [3.63, 3.8) is 0 Å². The standard InChI is InChI=1S/C16H24N2O4/c1-5-21-14(22-6-2)10-17-15(19)16(20)18-13-8-7-11(3)12(4)9-13/h7-9,14H,5-6,10H2,1-4H3,(H,17,19)(H,18,20). The number of rotatable bonds is 7. The van der Waals surface area contributed by atoms with Crippen LogP contribution in [-0.4, -0.2) is 37.9 Å². The van der Waals surface area contributed by atoms with Gasteiger partial charge in [0.05, 0.1) is 6.54 Å². The van der Waals surface area contributed by atoms with E-state index in [4.69, 9.17) is 9.47 Å². The minimum absolute atomic E-state index is 0.126. The Morgan fingerprint density at radius 2 is 1.68 bits per heavy atom. The van der Waals surface area contributed by atoms with Crippen molar-refractivity contribution in [2.24, 2.45) is 0 Å². The van der Waals surface area contributed by atoms with E-state index in [0.29, 0.717) is 18.9 Å². The van der Waals surface area contributed by atoms with Crippen LogP contribution in [0.5, 0.6) is 0 Å². The molecule has 0 aliphatic carbocycles. The molecule has 0 aromatic heterocycles. The van der Waals surface area contributed by atoms with E-state index >= 15 is 0 Å². The van der Waals surface area contributed by atoms with Gasteiger partial charge in [0.25, 0.3) is 0 Å². The third-order valence-electron chi connectivity index (χ3n) is 3.11. The van der Waals surface area contributed by atoms with Gasteiger partial charge in [0.1, 0.15) is 0 Å². The molecule has 0 unspecified atom stereocenters. The van der Waals surface area contributed by atoms with E-state index in [1.54, 1.807) is 6.07 Å². The third kappa shape index (κ3) is 5.83. The summed E-state index contributed by atoms with van der Waals surface area (Å²) in [6.45, 7) is 8.65. The minimum Gasteiger partial charge on any atom is -0.351 e. The highest BCUT2D eigenvalue weighted by Crippen LogP contribution is 2.13. The van der Waals surface area contributed by atoms with E-state index in [9.17, 15) is 9.59 Å². The van der Waals surface area contributed by atoms with Crippen molar-refractivity contribution in [1.82, 2.24) is 5.32 Å². The van der Waals surface area contributed by atoms with Gasteiger partial charge in [-0.05, 0) is 51.0 Å². The van der Waals surface area contributed by atoms with Crippen LogP contribution in [0.15, 0.2) is 18.2 Å². The summed E-state index contributed by atoms with van der Waals surface area (Å²) in [4.78, 5) is 23.6. The molecule has 2 N–H and O–H groups in total. The maximum absolute atomic E-state index is 11.8. The molecule has 6 nitrogen and oxygen atoms in total. The molecule has 0 saturated heterocycles. The average Bonchev–Trinajstić information content (AvgIpc) is 2.48. The normalized spacial score (nSPS) is 10.6. The number of anilines is 1. The van der Waals surface area contributed by atoms with E-state index < -0.39 is 18.1 Å². The molecule has 1 aromatic rings. The highest BCUT2D eigenvalue weighted by atomic mass is 16.7. The number of hydrogen-bond donors (Lipinski definition) is 2. The quantitative estimate of drug-likeness (QED) is 0.594. The van der Waals surface area contributed by atoms with E-state index in [0.717, 1.165) is 11.1 Å². The molecular weight excluding hydrogens is 284 g/mol. The van der Waals surface area contributed by atoms with E-state index in [1.807, 2.05) is 39.8 Å². The van der Waals surface area contributed by atoms with Crippen LogP contribution < -0.4 is 10.6 Å². The lowest BCUT2D eigenvalue weighted by Gasteiger charge is -2.17. The lowest BCUT2D eigenvalue weighted by Crippen LogP contribution is -2.41. The lowest BCUT2D eigenvalue weighted by molar-refractivity contribution is -0.145. The van der Waals surface area contributed by atoms with Crippen LogP contribution in [0.1, 0.15) is 25.0 Å². The fraction of sp³-hybridized carbons (Fsp3) is 0.500. The van der Waals surface area contributed by atoms with Gasteiger partial charge >= 0.3 is 11.8 Å². The Kier molecular flexibility index (Phi) is 7.56. The maximum Gasteiger partial charge on any atom is 0.313 e. The van der Waals surface area contributed by atoms with Gasteiger partial charge in [-0.1, -0.05) is 6.07 Å². The molecule has 0 spiro atoms.